The zero-order chi connectivity index (χ0) is 16.9. The van der Waals surface area contributed by atoms with E-state index >= 15 is 0 Å². The van der Waals surface area contributed by atoms with E-state index in [2.05, 4.69) is 59.8 Å². The molecule has 1 aliphatic rings. The van der Waals surface area contributed by atoms with Gasteiger partial charge in [-0.15, -0.1) is 11.3 Å². The van der Waals surface area contributed by atoms with Crippen molar-refractivity contribution in [1.82, 2.24) is 10.2 Å². The average molecular weight is 343 g/mol. The fourth-order valence-corrected chi connectivity index (χ4v) is 4.48. The summed E-state index contributed by atoms with van der Waals surface area (Å²) in [6.45, 7) is 5.63. The minimum atomic E-state index is 0.135. The second kappa shape index (κ2) is 7.95. The Balaban J connectivity index is 1.78. The van der Waals surface area contributed by atoms with E-state index in [0.29, 0.717) is 6.54 Å². The lowest BCUT2D eigenvalue weighted by molar-refractivity contribution is -0.123. The third-order valence-corrected chi connectivity index (χ3v) is 5.65. The molecule has 4 heteroatoms. The lowest BCUT2D eigenvalue weighted by Gasteiger charge is -2.36. The van der Waals surface area contributed by atoms with Crippen LogP contribution in [0.3, 0.4) is 0 Å². The Bertz CT molecular complexity index is 667. The number of carbonyl (C=O) groups excluding carboxylic acids is 1. The molecule has 24 heavy (non-hydrogen) atoms. The van der Waals surface area contributed by atoms with Gasteiger partial charge < -0.3 is 5.32 Å². The third-order valence-electron chi connectivity index (χ3n) is 4.66. The van der Waals surface area contributed by atoms with Crippen molar-refractivity contribution in [3.63, 3.8) is 0 Å². The van der Waals surface area contributed by atoms with Crippen molar-refractivity contribution in [2.75, 3.05) is 13.1 Å². The van der Waals surface area contributed by atoms with E-state index in [1.165, 1.54) is 16.0 Å². The second-order valence-corrected chi connectivity index (χ2v) is 7.59. The highest BCUT2D eigenvalue weighted by molar-refractivity contribution is 7.10. The van der Waals surface area contributed by atoms with Gasteiger partial charge in [0.2, 0.25) is 5.91 Å². The molecule has 1 amide bonds. The Labute approximate surface area is 148 Å². The first-order valence-electron chi connectivity index (χ1n) is 8.83. The molecule has 2 heterocycles. The van der Waals surface area contributed by atoms with Gasteiger partial charge in [-0.25, -0.2) is 0 Å². The van der Waals surface area contributed by atoms with Crippen molar-refractivity contribution in [2.45, 2.75) is 45.2 Å². The molecule has 0 saturated heterocycles. The van der Waals surface area contributed by atoms with Crippen molar-refractivity contribution in [2.24, 2.45) is 0 Å². The molecule has 3 nitrogen and oxygen atoms in total. The van der Waals surface area contributed by atoms with E-state index in [-0.39, 0.29) is 18.0 Å². The lowest BCUT2D eigenvalue weighted by atomic mass is 9.93. The molecule has 1 aromatic carbocycles. The Morgan fingerprint density at radius 1 is 1.33 bits per heavy atom. The van der Waals surface area contributed by atoms with Gasteiger partial charge in [-0.1, -0.05) is 43.7 Å². The predicted molar refractivity (Wildman–Crippen MR) is 100 cm³/mol. The van der Waals surface area contributed by atoms with Gasteiger partial charge in [0.05, 0.1) is 12.6 Å². The van der Waals surface area contributed by atoms with Crippen LogP contribution in [0.1, 0.15) is 48.7 Å². The van der Waals surface area contributed by atoms with Gasteiger partial charge in [0, 0.05) is 17.5 Å². The van der Waals surface area contributed by atoms with Crippen molar-refractivity contribution in [3.05, 3.63) is 57.8 Å². The first kappa shape index (κ1) is 17.2. The summed E-state index contributed by atoms with van der Waals surface area (Å²) in [4.78, 5) is 16.2. The molecule has 1 aliphatic heterocycles. The Morgan fingerprint density at radius 2 is 2.12 bits per heavy atom. The molecule has 0 radical (unpaired) electrons. The van der Waals surface area contributed by atoms with Crippen LogP contribution in [0.25, 0.3) is 0 Å². The van der Waals surface area contributed by atoms with Crippen LogP contribution in [0.5, 0.6) is 0 Å². The minimum Gasteiger partial charge on any atom is -0.353 e. The van der Waals surface area contributed by atoms with Crippen LogP contribution in [0, 0.1) is 0 Å². The molecular weight excluding hydrogens is 316 g/mol. The first-order chi connectivity index (χ1) is 11.7. The Kier molecular flexibility index (Phi) is 5.69. The number of fused-ring (bicyclic) bond motifs is 1. The Morgan fingerprint density at radius 3 is 2.88 bits per heavy atom. The van der Waals surface area contributed by atoms with Gasteiger partial charge in [-0.3, -0.25) is 9.69 Å². The summed E-state index contributed by atoms with van der Waals surface area (Å²) in [5, 5.41) is 5.31. The number of carbonyl (C=O) groups is 1. The monoisotopic (exact) mass is 342 g/mol. The SMILES string of the molecule is CCCC(C)NC(=O)CN1CCc2sccc2C1c1ccccc1. The number of thiophene rings is 1. The van der Waals surface area contributed by atoms with E-state index < -0.39 is 0 Å². The number of hydrogen-bond donors (Lipinski definition) is 1. The van der Waals surface area contributed by atoms with Crippen LogP contribution >= 0.6 is 11.3 Å². The van der Waals surface area contributed by atoms with E-state index in [1.807, 2.05) is 17.4 Å². The highest BCUT2D eigenvalue weighted by atomic mass is 32.1. The van der Waals surface area contributed by atoms with Crippen LogP contribution in [0.4, 0.5) is 0 Å². The fourth-order valence-electron chi connectivity index (χ4n) is 3.57. The van der Waals surface area contributed by atoms with E-state index in [4.69, 9.17) is 0 Å². The molecule has 0 spiro atoms. The highest BCUT2D eigenvalue weighted by Crippen LogP contribution is 2.37. The maximum absolute atomic E-state index is 12.5. The van der Waals surface area contributed by atoms with Crippen molar-refractivity contribution in [1.29, 1.82) is 0 Å². The Hall–Kier alpha value is -1.65. The maximum atomic E-state index is 12.5. The van der Waals surface area contributed by atoms with Crippen LogP contribution in [0.15, 0.2) is 41.8 Å². The molecule has 3 rings (SSSR count). The van der Waals surface area contributed by atoms with Gasteiger partial charge in [0.25, 0.3) is 0 Å². The standard InChI is InChI=1S/C20H26N2OS/c1-3-7-15(2)21-19(23)14-22-12-10-18-17(11-13-24-18)20(22)16-8-5-4-6-9-16/h4-6,8-9,11,13,15,20H,3,7,10,12,14H2,1-2H3,(H,21,23). The predicted octanol–water partition coefficient (Wildman–Crippen LogP) is 4.00. The van der Waals surface area contributed by atoms with Gasteiger partial charge in [0.15, 0.2) is 0 Å². The average Bonchev–Trinajstić information content (AvgIpc) is 3.04. The summed E-state index contributed by atoms with van der Waals surface area (Å²) >= 11 is 1.83. The van der Waals surface area contributed by atoms with Gasteiger partial charge in [-0.2, -0.15) is 0 Å². The number of rotatable bonds is 6. The van der Waals surface area contributed by atoms with Crippen molar-refractivity contribution >= 4 is 17.2 Å². The molecule has 0 aliphatic carbocycles. The van der Waals surface area contributed by atoms with Crippen LogP contribution in [-0.4, -0.2) is 29.9 Å². The molecule has 1 aromatic heterocycles. The van der Waals surface area contributed by atoms with Crippen LogP contribution in [0.2, 0.25) is 0 Å². The van der Waals surface area contributed by atoms with E-state index in [1.54, 1.807) is 0 Å². The van der Waals surface area contributed by atoms with Gasteiger partial charge >= 0.3 is 0 Å². The topological polar surface area (TPSA) is 32.3 Å². The molecule has 1 N–H and O–H groups in total. The van der Waals surface area contributed by atoms with Crippen molar-refractivity contribution < 1.29 is 4.79 Å². The number of hydrogen-bond acceptors (Lipinski definition) is 3. The third kappa shape index (κ3) is 3.87. The molecule has 2 unspecified atom stereocenters. The van der Waals surface area contributed by atoms with E-state index in [9.17, 15) is 4.79 Å². The summed E-state index contributed by atoms with van der Waals surface area (Å²) in [7, 11) is 0. The minimum absolute atomic E-state index is 0.135. The first-order valence-corrected chi connectivity index (χ1v) is 9.71. The quantitative estimate of drug-likeness (QED) is 0.860. The number of nitrogens with one attached hydrogen (secondary N) is 1. The van der Waals surface area contributed by atoms with Crippen molar-refractivity contribution in [3.8, 4) is 0 Å². The zero-order valence-electron chi connectivity index (χ0n) is 14.5. The summed E-state index contributed by atoms with van der Waals surface area (Å²) in [6.07, 6.45) is 3.16. The number of benzene rings is 1. The van der Waals surface area contributed by atoms with E-state index in [0.717, 1.165) is 25.8 Å². The molecule has 0 fully saturated rings. The molecule has 2 atom stereocenters. The zero-order valence-corrected chi connectivity index (χ0v) is 15.3. The van der Waals surface area contributed by atoms with Crippen LogP contribution < -0.4 is 5.32 Å². The summed E-state index contributed by atoms with van der Waals surface area (Å²) < 4.78 is 0. The largest absolute Gasteiger partial charge is 0.353 e. The molecule has 128 valence electrons. The molecular formula is C20H26N2OS. The normalized spacial score (nSPS) is 18.8. The highest BCUT2D eigenvalue weighted by Gasteiger charge is 2.30. The fraction of sp³-hybridized carbons (Fsp3) is 0.450. The van der Waals surface area contributed by atoms with Gasteiger partial charge in [0.1, 0.15) is 0 Å². The number of amides is 1. The number of nitrogens with zero attached hydrogens (tertiary/aromatic N) is 1. The molecule has 0 saturated carbocycles. The lowest BCUT2D eigenvalue weighted by Crippen LogP contribution is -2.44. The molecule has 2 aromatic rings. The van der Waals surface area contributed by atoms with Gasteiger partial charge in [-0.05, 0) is 42.3 Å². The smallest absolute Gasteiger partial charge is 0.234 e. The summed E-state index contributed by atoms with van der Waals surface area (Å²) in [5.74, 6) is 0.135. The maximum Gasteiger partial charge on any atom is 0.234 e. The summed E-state index contributed by atoms with van der Waals surface area (Å²) in [5.41, 5.74) is 2.64. The second-order valence-electron chi connectivity index (χ2n) is 6.59. The molecule has 0 bridgehead atoms. The summed E-state index contributed by atoms with van der Waals surface area (Å²) in [6, 6.07) is 13.2. The van der Waals surface area contributed by atoms with Crippen LogP contribution in [-0.2, 0) is 11.2 Å².